The van der Waals surface area contributed by atoms with Crippen molar-refractivity contribution in [2.24, 2.45) is 0 Å². The lowest BCUT2D eigenvalue weighted by Gasteiger charge is -2.18. The summed E-state index contributed by atoms with van der Waals surface area (Å²) in [6.07, 6.45) is 0. The lowest BCUT2D eigenvalue weighted by Crippen LogP contribution is -2.02. The number of allylic oxidation sites excluding steroid dienone is 3. The Kier molecular flexibility index (Phi) is 4.48. The molecule has 4 aromatic rings. The third-order valence-corrected chi connectivity index (χ3v) is 5.66. The number of hydrogen-bond donors (Lipinski definition) is 1. The van der Waals surface area contributed by atoms with E-state index in [1.165, 1.54) is 5.57 Å². The van der Waals surface area contributed by atoms with Crippen molar-refractivity contribution in [3.05, 3.63) is 149 Å². The van der Waals surface area contributed by atoms with Crippen LogP contribution in [0.3, 0.4) is 0 Å². The fourth-order valence-corrected chi connectivity index (χ4v) is 4.37. The van der Waals surface area contributed by atoms with Gasteiger partial charge in [0.25, 0.3) is 1.43 Å². The zero-order chi connectivity index (χ0) is 21.0. The van der Waals surface area contributed by atoms with Crippen molar-refractivity contribution in [2.45, 2.75) is 5.92 Å². The van der Waals surface area contributed by atoms with Crippen LogP contribution in [0.15, 0.2) is 127 Å². The van der Waals surface area contributed by atoms with E-state index in [-0.39, 0.29) is 5.92 Å². The van der Waals surface area contributed by atoms with Crippen LogP contribution < -0.4 is 0 Å². The Balaban J connectivity index is 1.89. The van der Waals surface area contributed by atoms with Gasteiger partial charge in [0.2, 0.25) is 0 Å². The van der Waals surface area contributed by atoms with E-state index >= 15 is 0 Å². The maximum Gasteiger partial charge on any atom is 0.293 e. The summed E-state index contributed by atoms with van der Waals surface area (Å²) in [6, 6.07) is 41.5. The van der Waals surface area contributed by atoms with Gasteiger partial charge in [0.05, 0.1) is 5.92 Å². The molecule has 0 fully saturated rings. The molecule has 0 radical (unpaired) electrons. The van der Waals surface area contributed by atoms with Crippen molar-refractivity contribution in [3.8, 4) is 0 Å². The van der Waals surface area contributed by atoms with Gasteiger partial charge in [0.1, 0.15) is 5.76 Å². The predicted molar refractivity (Wildman–Crippen MR) is 125 cm³/mol. The molecule has 0 saturated carbocycles. The molecule has 4 aromatic carbocycles. The molecule has 0 aliphatic heterocycles. The van der Waals surface area contributed by atoms with Gasteiger partial charge < -0.3 is 5.11 Å². The van der Waals surface area contributed by atoms with E-state index in [9.17, 15) is 0 Å². The van der Waals surface area contributed by atoms with E-state index in [1.807, 2.05) is 48.5 Å². The molecule has 1 N–H and O–H groups in total. The SMILES string of the molecule is [2H]OC1=C(c2ccccc2)C(c2ccccc2)=C(c2ccccc2)C1c1ccccc1. The van der Waals surface area contributed by atoms with Gasteiger partial charge in [-0.2, -0.15) is 0 Å². The molecule has 0 spiro atoms. The van der Waals surface area contributed by atoms with Crippen LogP contribution in [0, 0.1) is 0 Å². The summed E-state index contributed by atoms with van der Waals surface area (Å²) >= 11 is 0. The van der Waals surface area contributed by atoms with Crippen molar-refractivity contribution in [3.63, 3.8) is 0 Å². The first-order valence-corrected chi connectivity index (χ1v) is 10.2. The van der Waals surface area contributed by atoms with Crippen molar-refractivity contribution in [1.29, 1.82) is 1.43 Å². The molecule has 0 aromatic heterocycles. The minimum Gasteiger partial charge on any atom is -0.511 e. The molecule has 1 aliphatic carbocycles. The molecule has 5 rings (SSSR count). The van der Waals surface area contributed by atoms with Gasteiger partial charge in [-0.05, 0) is 33.4 Å². The number of aliphatic hydroxyl groups is 1. The lowest BCUT2D eigenvalue weighted by molar-refractivity contribution is 0.393. The molecule has 1 nitrogen and oxygen atoms in total. The Morgan fingerprint density at radius 1 is 0.500 bits per heavy atom. The Morgan fingerprint density at radius 2 is 0.933 bits per heavy atom. The molecule has 1 aliphatic rings. The summed E-state index contributed by atoms with van der Waals surface area (Å²) in [5, 5.41) is 5.44. The molecule has 1 unspecified atom stereocenters. The quantitative estimate of drug-likeness (QED) is 0.379. The largest absolute Gasteiger partial charge is 0.511 e. The lowest BCUT2D eigenvalue weighted by atomic mass is 9.85. The summed E-state index contributed by atoms with van der Waals surface area (Å²) in [5.74, 6) is 0.501. The zero-order valence-corrected chi connectivity index (χ0v) is 16.5. The molecule has 0 amide bonds. The summed E-state index contributed by atoms with van der Waals surface area (Å²) in [5.41, 5.74) is 7.69. The topological polar surface area (TPSA) is 20.2 Å². The third-order valence-electron chi connectivity index (χ3n) is 5.66. The minimum absolute atomic E-state index is 0.161. The number of rotatable bonds is 5. The van der Waals surface area contributed by atoms with Crippen LogP contribution in [0.4, 0.5) is 0 Å². The second-order valence-corrected chi connectivity index (χ2v) is 7.47. The summed E-state index contributed by atoms with van der Waals surface area (Å²) in [4.78, 5) is 0. The van der Waals surface area contributed by atoms with Crippen LogP contribution in [0.2, 0.25) is 0 Å². The van der Waals surface area contributed by atoms with Crippen LogP contribution in [0.1, 0.15) is 28.2 Å². The third kappa shape index (κ3) is 3.15. The van der Waals surface area contributed by atoms with Crippen molar-refractivity contribution < 1.29 is 5.11 Å². The fraction of sp³-hybridized carbons (Fsp3) is 0.0345. The van der Waals surface area contributed by atoms with Crippen LogP contribution in [0.25, 0.3) is 18.2 Å². The smallest absolute Gasteiger partial charge is 0.293 e. The number of aliphatic hydroxyl groups excluding tert-OH is 1. The van der Waals surface area contributed by atoms with E-state index in [2.05, 4.69) is 72.8 Å². The number of benzene rings is 4. The van der Waals surface area contributed by atoms with Crippen LogP contribution >= 0.6 is 0 Å². The molecule has 0 heterocycles. The minimum atomic E-state index is -0.161. The monoisotopic (exact) mass is 387 g/mol. The van der Waals surface area contributed by atoms with Crippen molar-refractivity contribution in [2.75, 3.05) is 0 Å². The van der Waals surface area contributed by atoms with Crippen molar-refractivity contribution in [1.82, 2.24) is 0 Å². The highest BCUT2D eigenvalue weighted by atomic mass is 16.3. The average molecular weight is 388 g/mol. The second-order valence-electron chi connectivity index (χ2n) is 7.47. The highest BCUT2D eigenvalue weighted by molar-refractivity contribution is 6.20. The Bertz CT molecular complexity index is 1230. The zero-order valence-electron chi connectivity index (χ0n) is 17.5. The van der Waals surface area contributed by atoms with Gasteiger partial charge in [-0.25, -0.2) is 0 Å². The Hall–Kier alpha value is -3.84. The standard InChI is InChI=1S/C29H22O/c30-29-27(23-17-9-3-10-18-23)25(21-13-5-1-6-14-21)26(22-15-7-2-8-16-22)28(29)24-19-11-4-12-20-24/h1-20,27,30H/i/hD. The first kappa shape index (κ1) is 17.1. The highest BCUT2D eigenvalue weighted by Gasteiger charge is 2.36. The van der Waals surface area contributed by atoms with Gasteiger partial charge in [0.15, 0.2) is 0 Å². The Labute approximate surface area is 178 Å². The summed E-state index contributed by atoms with van der Waals surface area (Å²) < 4.78 is 8.08. The van der Waals surface area contributed by atoms with Crippen LogP contribution in [-0.2, 0) is 0 Å². The van der Waals surface area contributed by atoms with E-state index in [0.717, 1.165) is 33.4 Å². The maximum atomic E-state index is 8.08. The highest BCUT2D eigenvalue weighted by Crippen LogP contribution is 2.54. The van der Waals surface area contributed by atoms with E-state index in [4.69, 9.17) is 6.54 Å². The molecule has 1 atom stereocenters. The average Bonchev–Trinajstić information content (AvgIpc) is 3.21. The number of hydrogen-bond acceptors (Lipinski definition) is 1. The first-order chi connectivity index (χ1) is 15.4. The predicted octanol–water partition coefficient (Wildman–Crippen LogP) is 7.36. The normalized spacial score (nSPS) is 16.5. The van der Waals surface area contributed by atoms with Gasteiger partial charge in [-0.15, -0.1) is 0 Å². The summed E-state index contributed by atoms with van der Waals surface area (Å²) in [7, 11) is 0. The molecule has 30 heavy (non-hydrogen) atoms. The molecule has 1 heteroatoms. The molecule has 144 valence electrons. The van der Waals surface area contributed by atoms with Gasteiger partial charge in [0, 0.05) is 5.57 Å². The van der Waals surface area contributed by atoms with E-state index in [1.54, 1.807) is 0 Å². The van der Waals surface area contributed by atoms with Crippen LogP contribution in [0.5, 0.6) is 0 Å². The molecule has 0 bridgehead atoms. The molecular weight excluding hydrogens is 364 g/mol. The molecular formula is C29H22O. The second kappa shape index (κ2) is 7.88. The van der Waals surface area contributed by atoms with Gasteiger partial charge in [-0.3, -0.25) is 0 Å². The van der Waals surface area contributed by atoms with Crippen LogP contribution in [-0.4, -0.2) is 5.11 Å². The van der Waals surface area contributed by atoms with E-state index in [0.29, 0.717) is 5.76 Å². The molecule has 0 saturated heterocycles. The van der Waals surface area contributed by atoms with E-state index < -0.39 is 0 Å². The maximum absolute atomic E-state index is 8.08. The van der Waals surface area contributed by atoms with Crippen molar-refractivity contribution >= 4 is 16.7 Å². The summed E-state index contributed by atoms with van der Waals surface area (Å²) in [6.45, 7) is 0. The Morgan fingerprint density at radius 3 is 1.43 bits per heavy atom. The first-order valence-electron chi connectivity index (χ1n) is 10.6. The van der Waals surface area contributed by atoms with Gasteiger partial charge in [-0.1, -0.05) is 121 Å². The fourth-order valence-electron chi connectivity index (χ4n) is 4.37. The van der Waals surface area contributed by atoms with Gasteiger partial charge >= 0.3 is 0 Å².